The minimum Gasteiger partial charge on any atom is -0.478 e. The maximum Gasteiger partial charge on any atom is 0.337 e. The first-order chi connectivity index (χ1) is 8.95. The van der Waals surface area contributed by atoms with Crippen LogP contribution in [0.5, 0.6) is 0 Å². The van der Waals surface area contributed by atoms with Gasteiger partial charge in [0.1, 0.15) is 0 Å². The summed E-state index contributed by atoms with van der Waals surface area (Å²) < 4.78 is 0. The molecule has 19 heavy (non-hydrogen) atoms. The van der Waals surface area contributed by atoms with Gasteiger partial charge in [0.2, 0.25) is 0 Å². The number of carbonyl (C=O) groups is 1. The van der Waals surface area contributed by atoms with E-state index in [2.05, 4.69) is 5.32 Å². The van der Waals surface area contributed by atoms with Crippen LogP contribution in [0.1, 0.15) is 17.3 Å². The summed E-state index contributed by atoms with van der Waals surface area (Å²) in [6, 6.07) is 3.68. The molecule has 0 amide bonds. The Morgan fingerprint density at radius 2 is 2.21 bits per heavy atom. The van der Waals surface area contributed by atoms with Crippen LogP contribution >= 0.6 is 0 Å². The third-order valence-corrected chi connectivity index (χ3v) is 2.79. The quantitative estimate of drug-likeness (QED) is 0.576. The summed E-state index contributed by atoms with van der Waals surface area (Å²) in [5.74, 6) is -1.11. The standard InChI is InChI=1S/C12H17N3O4/c1-3-14(2)7-6-13-11-8-9(15(18)19)4-5-10(11)12(16)17/h4-5,8,13H,3,6-7H2,1-2H3,(H,16,17). The van der Waals surface area contributed by atoms with Crippen molar-refractivity contribution < 1.29 is 14.8 Å². The van der Waals surface area contributed by atoms with Crippen LogP contribution in [0, 0.1) is 10.1 Å². The van der Waals surface area contributed by atoms with Crippen LogP contribution in [-0.2, 0) is 0 Å². The Morgan fingerprint density at radius 3 is 2.74 bits per heavy atom. The van der Waals surface area contributed by atoms with Crippen LogP contribution in [0.2, 0.25) is 0 Å². The number of nitrogens with zero attached hydrogens (tertiary/aromatic N) is 2. The minimum atomic E-state index is -1.11. The number of nitrogens with one attached hydrogen (secondary N) is 1. The fraction of sp³-hybridized carbons (Fsp3) is 0.417. The molecular weight excluding hydrogens is 250 g/mol. The first-order valence-electron chi connectivity index (χ1n) is 5.89. The zero-order valence-corrected chi connectivity index (χ0v) is 10.9. The summed E-state index contributed by atoms with van der Waals surface area (Å²) in [5, 5.41) is 22.6. The van der Waals surface area contributed by atoms with Crippen LogP contribution in [0.4, 0.5) is 11.4 Å². The third-order valence-electron chi connectivity index (χ3n) is 2.79. The topological polar surface area (TPSA) is 95.7 Å². The summed E-state index contributed by atoms with van der Waals surface area (Å²) in [4.78, 5) is 23.2. The second-order valence-corrected chi connectivity index (χ2v) is 4.11. The van der Waals surface area contributed by atoms with Crippen molar-refractivity contribution in [3.8, 4) is 0 Å². The Morgan fingerprint density at radius 1 is 1.53 bits per heavy atom. The Labute approximate surface area is 111 Å². The number of carboxylic acids is 1. The lowest BCUT2D eigenvalue weighted by Gasteiger charge is -2.15. The smallest absolute Gasteiger partial charge is 0.337 e. The first kappa shape index (κ1) is 14.9. The van der Waals surface area contributed by atoms with Crippen molar-refractivity contribution in [3.05, 3.63) is 33.9 Å². The number of likely N-dealkylation sites (N-methyl/N-ethyl adjacent to an activating group) is 1. The van der Waals surface area contributed by atoms with Crippen LogP contribution in [0.3, 0.4) is 0 Å². The lowest BCUT2D eigenvalue weighted by atomic mass is 10.1. The van der Waals surface area contributed by atoms with Gasteiger partial charge in [-0.15, -0.1) is 0 Å². The van der Waals surface area contributed by atoms with Crippen molar-refractivity contribution in [2.24, 2.45) is 0 Å². The van der Waals surface area contributed by atoms with E-state index in [9.17, 15) is 14.9 Å². The summed E-state index contributed by atoms with van der Waals surface area (Å²) in [5.41, 5.74) is 0.173. The molecule has 0 fully saturated rings. The van der Waals surface area contributed by atoms with Gasteiger partial charge in [0.25, 0.3) is 5.69 Å². The number of carboxylic acid groups (broad SMARTS) is 1. The summed E-state index contributed by atoms with van der Waals surface area (Å²) in [6.07, 6.45) is 0. The number of hydrogen-bond acceptors (Lipinski definition) is 5. The lowest BCUT2D eigenvalue weighted by molar-refractivity contribution is -0.384. The average molecular weight is 267 g/mol. The van der Waals surface area contributed by atoms with Gasteiger partial charge in [-0.1, -0.05) is 6.92 Å². The lowest BCUT2D eigenvalue weighted by Crippen LogP contribution is -2.25. The molecule has 0 saturated carbocycles. The molecule has 0 heterocycles. The van der Waals surface area contributed by atoms with Gasteiger partial charge in [-0.05, 0) is 19.7 Å². The van der Waals surface area contributed by atoms with Gasteiger partial charge in [0, 0.05) is 25.2 Å². The number of rotatable bonds is 7. The summed E-state index contributed by atoms with van der Waals surface area (Å²) in [6.45, 7) is 4.13. The summed E-state index contributed by atoms with van der Waals surface area (Å²) in [7, 11) is 1.94. The largest absolute Gasteiger partial charge is 0.478 e. The monoisotopic (exact) mass is 267 g/mol. The fourth-order valence-corrected chi connectivity index (χ4v) is 1.52. The molecule has 0 atom stereocenters. The molecule has 0 spiro atoms. The molecule has 104 valence electrons. The molecule has 2 N–H and O–H groups in total. The highest BCUT2D eigenvalue weighted by Gasteiger charge is 2.15. The molecule has 0 bridgehead atoms. The molecule has 1 aromatic carbocycles. The van der Waals surface area contributed by atoms with E-state index in [0.29, 0.717) is 6.54 Å². The van der Waals surface area contributed by atoms with Crippen molar-refractivity contribution in [3.63, 3.8) is 0 Å². The third kappa shape index (κ3) is 4.22. The van der Waals surface area contributed by atoms with E-state index in [1.165, 1.54) is 18.2 Å². The molecule has 0 unspecified atom stereocenters. The highest BCUT2D eigenvalue weighted by molar-refractivity contribution is 5.94. The van der Waals surface area contributed by atoms with Crippen molar-refractivity contribution in [1.82, 2.24) is 4.90 Å². The Balaban J connectivity index is 2.85. The second-order valence-electron chi connectivity index (χ2n) is 4.11. The predicted octanol–water partition coefficient (Wildman–Crippen LogP) is 1.66. The molecule has 0 aliphatic carbocycles. The molecule has 1 aromatic rings. The van der Waals surface area contributed by atoms with E-state index in [4.69, 9.17) is 5.11 Å². The highest BCUT2D eigenvalue weighted by atomic mass is 16.6. The van der Waals surface area contributed by atoms with Gasteiger partial charge in [-0.25, -0.2) is 4.79 Å². The highest BCUT2D eigenvalue weighted by Crippen LogP contribution is 2.22. The second kappa shape index (κ2) is 6.69. The fourth-order valence-electron chi connectivity index (χ4n) is 1.52. The zero-order valence-electron chi connectivity index (χ0n) is 10.9. The van der Waals surface area contributed by atoms with Gasteiger partial charge in [-0.2, -0.15) is 0 Å². The van der Waals surface area contributed by atoms with E-state index in [-0.39, 0.29) is 16.9 Å². The average Bonchev–Trinajstić information content (AvgIpc) is 2.37. The number of hydrogen-bond donors (Lipinski definition) is 2. The Bertz CT molecular complexity index is 476. The van der Waals surface area contributed by atoms with Gasteiger partial charge in [-0.3, -0.25) is 10.1 Å². The molecule has 0 aromatic heterocycles. The molecule has 0 saturated heterocycles. The molecule has 7 nitrogen and oxygen atoms in total. The summed E-state index contributed by atoms with van der Waals surface area (Å²) >= 11 is 0. The number of anilines is 1. The number of nitro benzene ring substituents is 1. The zero-order chi connectivity index (χ0) is 14.4. The van der Waals surface area contributed by atoms with Crippen molar-refractivity contribution in [1.29, 1.82) is 0 Å². The van der Waals surface area contributed by atoms with Crippen molar-refractivity contribution in [2.75, 3.05) is 32.0 Å². The SMILES string of the molecule is CCN(C)CCNc1cc([N+](=O)[O-])ccc1C(=O)O. The maximum atomic E-state index is 11.0. The van der Waals surface area contributed by atoms with Crippen molar-refractivity contribution >= 4 is 17.3 Å². The van der Waals surface area contributed by atoms with E-state index in [1.807, 2.05) is 18.9 Å². The molecule has 7 heteroatoms. The molecule has 0 radical (unpaired) electrons. The molecule has 0 aliphatic heterocycles. The maximum absolute atomic E-state index is 11.0. The molecular formula is C12H17N3O4. The van der Waals surface area contributed by atoms with E-state index < -0.39 is 10.9 Å². The van der Waals surface area contributed by atoms with Crippen molar-refractivity contribution in [2.45, 2.75) is 6.92 Å². The Hall–Kier alpha value is -2.15. The number of benzene rings is 1. The van der Waals surface area contributed by atoms with Gasteiger partial charge < -0.3 is 15.3 Å². The van der Waals surface area contributed by atoms with Crippen LogP contribution < -0.4 is 5.32 Å². The number of non-ortho nitro benzene ring substituents is 1. The van der Waals surface area contributed by atoms with Crippen LogP contribution in [0.25, 0.3) is 0 Å². The van der Waals surface area contributed by atoms with E-state index in [1.54, 1.807) is 0 Å². The molecule has 1 rings (SSSR count). The first-order valence-corrected chi connectivity index (χ1v) is 5.89. The predicted molar refractivity (Wildman–Crippen MR) is 71.7 cm³/mol. The van der Waals surface area contributed by atoms with E-state index in [0.717, 1.165) is 13.1 Å². The number of aromatic carboxylic acids is 1. The minimum absolute atomic E-state index is 0.0322. The normalized spacial score (nSPS) is 10.5. The van der Waals surface area contributed by atoms with Gasteiger partial charge in [0.15, 0.2) is 0 Å². The van der Waals surface area contributed by atoms with Gasteiger partial charge >= 0.3 is 5.97 Å². The van der Waals surface area contributed by atoms with E-state index >= 15 is 0 Å². The van der Waals surface area contributed by atoms with Crippen LogP contribution in [0.15, 0.2) is 18.2 Å². The number of nitro groups is 1. The molecule has 0 aliphatic rings. The van der Waals surface area contributed by atoms with Gasteiger partial charge in [0.05, 0.1) is 16.2 Å². The van der Waals surface area contributed by atoms with Crippen LogP contribution in [-0.4, -0.2) is 47.6 Å². The Kier molecular flexibility index (Phi) is 5.25.